The second-order valence-corrected chi connectivity index (χ2v) is 9.01. The van der Waals surface area contributed by atoms with Gasteiger partial charge in [0, 0.05) is 24.4 Å². The zero-order valence-corrected chi connectivity index (χ0v) is 18.6. The summed E-state index contributed by atoms with van der Waals surface area (Å²) in [5.41, 5.74) is 3.24. The predicted molar refractivity (Wildman–Crippen MR) is 121 cm³/mol. The monoisotopic (exact) mass is 424 g/mol. The van der Waals surface area contributed by atoms with E-state index in [9.17, 15) is 10.2 Å². The lowest BCUT2D eigenvalue weighted by atomic mass is 9.95. The average Bonchev–Trinajstić information content (AvgIpc) is 3.30. The Hall–Kier alpha value is -2.48. The number of hydrogen-bond donors (Lipinski definition) is 3. The third-order valence-corrected chi connectivity index (χ3v) is 6.18. The van der Waals surface area contributed by atoms with Crippen LogP contribution in [0.2, 0.25) is 0 Å². The van der Waals surface area contributed by atoms with Gasteiger partial charge in [-0.2, -0.15) is 9.61 Å². The molecule has 0 aliphatic heterocycles. The van der Waals surface area contributed by atoms with Crippen LogP contribution in [0.5, 0.6) is 0 Å². The number of nitrogens with one attached hydrogen (secondary N) is 1. The van der Waals surface area contributed by atoms with Crippen LogP contribution in [0.4, 0.5) is 5.82 Å². The third kappa shape index (κ3) is 4.31. The van der Waals surface area contributed by atoms with Crippen molar-refractivity contribution in [2.45, 2.75) is 64.4 Å². The number of ether oxygens (including phenoxy) is 1. The fourth-order valence-corrected chi connectivity index (χ4v) is 4.23. The minimum absolute atomic E-state index is 0.0408. The second kappa shape index (κ2) is 8.57. The fraction of sp³-hybridized carbons (Fsp3) is 0.500. The van der Waals surface area contributed by atoms with Crippen molar-refractivity contribution in [2.75, 3.05) is 11.9 Å². The minimum Gasteiger partial charge on any atom is -0.390 e. The van der Waals surface area contributed by atoms with Crippen molar-refractivity contribution in [1.82, 2.24) is 14.6 Å². The van der Waals surface area contributed by atoms with Gasteiger partial charge in [-0.15, -0.1) is 0 Å². The van der Waals surface area contributed by atoms with Crippen LogP contribution < -0.4 is 5.32 Å². The molecule has 4 rings (SSSR count). The summed E-state index contributed by atoms with van der Waals surface area (Å²) in [7, 11) is 0. The molecule has 3 aromatic rings. The second-order valence-electron chi connectivity index (χ2n) is 9.01. The predicted octanol–water partition coefficient (Wildman–Crippen LogP) is 3.60. The van der Waals surface area contributed by atoms with Crippen LogP contribution in [0.25, 0.3) is 16.9 Å². The van der Waals surface area contributed by atoms with E-state index in [0.29, 0.717) is 18.7 Å². The lowest BCUT2D eigenvalue weighted by molar-refractivity contribution is -0.0212. The van der Waals surface area contributed by atoms with E-state index in [-0.39, 0.29) is 17.6 Å². The van der Waals surface area contributed by atoms with E-state index in [1.54, 1.807) is 10.7 Å². The number of rotatable bonds is 7. The van der Waals surface area contributed by atoms with E-state index in [1.165, 1.54) is 0 Å². The van der Waals surface area contributed by atoms with Gasteiger partial charge in [0.25, 0.3) is 0 Å². The van der Waals surface area contributed by atoms with Crippen molar-refractivity contribution >= 4 is 11.5 Å². The molecule has 7 heteroatoms. The number of hydrogen-bond acceptors (Lipinski definition) is 6. The quantitative estimate of drug-likeness (QED) is 0.537. The summed E-state index contributed by atoms with van der Waals surface area (Å²) in [6.45, 7) is 8.93. The number of nitrogens with zero attached hydrogens (tertiary/aromatic N) is 3. The van der Waals surface area contributed by atoms with Crippen molar-refractivity contribution in [2.24, 2.45) is 5.92 Å². The van der Waals surface area contributed by atoms with Gasteiger partial charge in [-0.05, 0) is 50.3 Å². The van der Waals surface area contributed by atoms with Crippen LogP contribution in [0.1, 0.15) is 46.1 Å². The molecule has 7 nitrogen and oxygen atoms in total. The molecule has 0 radical (unpaired) electrons. The molecule has 0 amide bonds. The summed E-state index contributed by atoms with van der Waals surface area (Å²) in [6, 6.07) is 11.8. The fourth-order valence-electron chi connectivity index (χ4n) is 4.23. The molecule has 0 unspecified atom stereocenters. The van der Waals surface area contributed by atoms with Gasteiger partial charge < -0.3 is 20.3 Å². The Bertz CT molecular complexity index is 1050. The molecule has 1 aromatic carbocycles. The molecular weight excluding hydrogens is 392 g/mol. The molecule has 1 aliphatic rings. The average molecular weight is 425 g/mol. The Morgan fingerprint density at radius 2 is 2.00 bits per heavy atom. The number of benzene rings is 1. The molecule has 2 aromatic heterocycles. The van der Waals surface area contributed by atoms with Crippen LogP contribution in [0.3, 0.4) is 0 Å². The minimum atomic E-state index is -0.810. The van der Waals surface area contributed by atoms with Crippen molar-refractivity contribution in [3.8, 4) is 11.3 Å². The first-order valence-corrected chi connectivity index (χ1v) is 11.0. The number of anilines is 1. The summed E-state index contributed by atoms with van der Waals surface area (Å²) in [5.74, 6) is 0.781. The zero-order chi connectivity index (χ0) is 22.2. The van der Waals surface area contributed by atoms with Crippen LogP contribution in [-0.4, -0.2) is 49.7 Å². The first kappa shape index (κ1) is 21.7. The molecule has 0 spiro atoms. The molecule has 1 fully saturated rings. The van der Waals surface area contributed by atoms with Crippen LogP contribution in [0, 0.1) is 5.92 Å². The van der Waals surface area contributed by atoms with Gasteiger partial charge in [0.15, 0.2) is 5.65 Å². The molecular formula is C24H32N4O3. The van der Waals surface area contributed by atoms with Crippen LogP contribution >= 0.6 is 0 Å². The topological polar surface area (TPSA) is 91.9 Å². The van der Waals surface area contributed by atoms with E-state index in [2.05, 4.69) is 43.2 Å². The smallest absolute Gasteiger partial charge is 0.157 e. The lowest BCUT2D eigenvalue weighted by Crippen LogP contribution is -2.35. The highest BCUT2D eigenvalue weighted by atomic mass is 16.5. The number of aromatic nitrogens is 3. The van der Waals surface area contributed by atoms with Gasteiger partial charge in [-0.1, -0.05) is 32.0 Å². The summed E-state index contributed by atoms with van der Waals surface area (Å²) < 4.78 is 7.80. The molecule has 1 aliphatic carbocycles. The Morgan fingerprint density at radius 1 is 1.19 bits per heavy atom. The van der Waals surface area contributed by atoms with Gasteiger partial charge in [-0.3, -0.25) is 0 Å². The molecule has 2 heterocycles. The SMILES string of the molecule is CCCOC(C)(C)c1cccc(-c2cc3nccc(N[C@@H]4C[C@@H](C)[C@@H](O)[C@H]4O)n3n2)c1. The molecule has 3 N–H and O–H groups in total. The lowest BCUT2D eigenvalue weighted by Gasteiger charge is -2.26. The van der Waals surface area contributed by atoms with Gasteiger partial charge in [0.2, 0.25) is 0 Å². The van der Waals surface area contributed by atoms with Crippen molar-refractivity contribution in [3.05, 3.63) is 48.2 Å². The van der Waals surface area contributed by atoms with Gasteiger partial charge in [0.05, 0.1) is 23.4 Å². The number of aliphatic hydroxyl groups excluding tert-OH is 2. The maximum Gasteiger partial charge on any atom is 0.157 e. The Balaban J connectivity index is 1.64. The van der Waals surface area contributed by atoms with E-state index in [0.717, 1.165) is 29.1 Å². The Labute approximate surface area is 183 Å². The molecule has 1 saturated carbocycles. The van der Waals surface area contributed by atoms with E-state index in [1.807, 2.05) is 31.2 Å². The standard InChI is InChI=1S/C24H32N4O3/c1-5-11-31-24(3,4)17-8-6-7-16(13-17)18-14-21-25-10-9-20(28(21)27-18)26-19-12-15(2)22(29)23(19)30/h6-10,13-15,19,22-23,26,29-30H,5,11-12H2,1-4H3/t15-,19-,22-,23+/m1/s1. The molecule has 166 valence electrons. The maximum absolute atomic E-state index is 10.3. The van der Waals surface area contributed by atoms with E-state index in [4.69, 9.17) is 9.84 Å². The summed E-state index contributed by atoms with van der Waals surface area (Å²) in [6.07, 6.45) is 1.86. The largest absolute Gasteiger partial charge is 0.390 e. The van der Waals surface area contributed by atoms with Crippen LogP contribution in [0.15, 0.2) is 42.6 Å². The zero-order valence-electron chi connectivity index (χ0n) is 18.6. The maximum atomic E-state index is 10.3. The van der Waals surface area contributed by atoms with Gasteiger partial charge in [0.1, 0.15) is 11.9 Å². The van der Waals surface area contributed by atoms with Crippen LogP contribution in [-0.2, 0) is 10.3 Å². The first-order chi connectivity index (χ1) is 14.8. The number of aliphatic hydroxyl groups is 2. The summed E-state index contributed by atoms with van der Waals surface area (Å²) in [5, 5.41) is 28.6. The van der Waals surface area contributed by atoms with Gasteiger partial charge in [-0.25, -0.2) is 4.98 Å². The molecule has 31 heavy (non-hydrogen) atoms. The third-order valence-electron chi connectivity index (χ3n) is 6.18. The highest BCUT2D eigenvalue weighted by molar-refractivity contribution is 5.66. The highest BCUT2D eigenvalue weighted by Crippen LogP contribution is 2.31. The summed E-state index contributed by atoms with van der Waals surface area (Å²) in [4.78, 5) is 4.45. The van der Waals surface area contributed by atoms with Crippen molar-refractivity contribution in [1.29, 1.82) is 0 Å². The molecule has 4 atom stereocenters. The van der Waals surface area contributed by atoms with Gasteiger partial charge >= 0.3 is 0 Å². The molecule has 0 bridgehead atoms. The normalized spacial score (nSPS) is 24.1. The molecule has 0 saturated heterocycles. The van der Waals surface area contributed by atoms with E-state index >= 15 is 0 Å². The Morgan fingerprint density at radius 3 is 2.71 bits per heavy atom. The van der Waals surface area contributed by atoms with Crippen molar-refractivity contribution in [3.63, 3.8) is 0 Å². The van der Waals surface area contributed by atoms with E-state index < -0.39 is 12.2 Å². The summed E-state index contributed by atoms with van der Waals surface area (Å²) >= 11 is 0. The van der Waals surface area contributed by atoms with Crippen molar-refractivity contribution < 1.29 is 14.9 Å². The number of fused-ring (bicyclic) bond motifs is 1. The highest BCUT2D eigenvalue weighted by Gasteiger charge is 2.39. The Kier molecular flexibility index (Phi) is 6.01. The first-order valence-electron chi connectivity index (χ1n) is 11.0.